The lowest BCUT2D eigenvalue weighted by Gasteiger charge is -2.39. The van der Waals surface area contributed by atoms with Crippen LogP contribution in [0.3, 0.4) is 0 Å². The summed E-state index contributed by atoms with van der Waals surface area (Å²) in [5, 5.41) is 89.8. The highest BCUT2D eigenvalue weighted by Gasteiger charge is 2.46. The summed E-state index contributed by atoms with van der Waals surface area (Å²) in [5.74, 6) is -5.93. The van der Waals surface area contributed by atoms with Gasteiger partial charge in [-0.25, -0.2) is 0 Å². The Kier molecular flexibility index (Phi) is 8.70. The molecule has 232 valence electrons. The van der Waals surface area contributed by atoms with Crippen LogP contribution in [-0.4, -0.2) is 101 Å². The largest absolute Gasteiger partial charge is 0.508 e. The summed E-state index contributed by atoms with van der Waals surface area (Å²) >= 11 is 0. The quantitative estimate of drug-likeness (QED) is 0.111. The highest BCUT2D eigenvalue weighted by atomic mass is 16.7. The van der Waals surface area contributed by atoms with Crippen LogP contribution in [0.15, 0.2) is 39.5 Å². The van der Waals surface area contributed by atoms with Crippen LogP contribution < -0.4 is 10.2 Å². The fourth-order valence-corrected chi connectivity index (χ4v) is 4.42. The number of benzene rings is 2. The topological polar surface area (TPSA) is 274 Å². The van der Waals surface area contributed by atoms with E-state index in [1.807, 2.05) is 0 Å². The molecule has 1 aliphatic heterocycles. The number of aliphatic hydroxyl groups excluding tert-OH is 3. The molecule has 9 N–H and O–H groups in total. The number of esters is 1. The third-order valence-corrected chi connectivity index (χ3v) is 6.52. The Morgan fingerprint density at radius 3 is 2.28 bits per heavy atom. The smallest absolute Gasteiger partial charge is 0.308 e. The van der Waals surface area contributed by atoms with E-state index in [0.717, 1.165) is 31.2 Å². The molecular formula is C27H28O16. The number of carbonyl (C=O) groups excluding carboxylic acids is 1. The second kappa shape index (κ2) is 11.9. The number of ether oxygens (including phenoxy) is 3. The first-order chi connectivity index (χ1) is 20.1. The molecule has 1 fully saturated rings. The first kappa shape index (κ1) is 31.3. The summed E-state index contributed by atoms with van der Waals surface area (Å²) in [5.41, 5.74) is -3.39. The zero-order valence-corrected chi connectivity index (χ0v) is 22.3. The van der Waals surface area contributed by atoms with Crippen molar-refractivity contribution in [1.82, 2.24) is 0 Å². The van der Waals surface area contributed by atoms with Crippen molar-refractivity contribution in [2.75, 3.05) is 6.61 Å². The van der Waals surface area contributed by atoms with E-state index in [9.17, 15) is 55.2 Å². The molecule has 1 saturated heterocycles. The van der Waals surface area contributed by atoms with Gasteiger partial charge in [-0.2, -0.15) is 0 Å². The van der Waals surface area contributed by atoms with Crippen LogP contribution in [0.25, 0.3) is 22.3 Å². The van der Waals surface area contributed by atoms with Gasteiger partial charge in [0.05, 0.1) is 18.4 Å². The normalized spacial score (nSPS) is 23.4. The molecule has 0 spiro atoms. The number of aromatic hydroxyl groups is 4. The van der Waals surface area contributed by atoms with E-state index in [2.05, 4.69) is 0 Å². The molecule has 16 heteroatoms. The molecule has 0 bridgehead atoms. The van der Waals surface area contributed by atoms with Gasteiger partial charge < -0.3 is 64.6 Å². The van der Waals surface area contributed by atoms with Crippen molar-refractivity contribution in [1.29, 1.82) is 0 Å². The Morgan fingerprint density at radius 1 is 0.930 bits per heavy atom. The van der Waals surface area contributed by atoms with Gasteiger partial charge >= 0.3 is 11.9 Å². The number of phenolic OH excluding ortho intramolecular Hbond substituents is 4. The Morgan fingerprint density at radius 2 is 1.63 bits per heavy atom. The van der Waals surface area contributed by atoms with Crippen LogP contribution in [0.2, 0.25) is 0 Å². The first-order valence-corrected chi connectivity index (χ1v) is 12.6. The number of hydrogen-bond acceptors (Lipinski definition) is 15. The average molecular weight is 609 g/mol. The number of rotatable bonds is 9. The molecular weight excluding hydrogens is 580 g/mol. The second-order valence-corrected chi connectivity index (χ2v) is 10.2. The molecule has 6 atom stereocenters. The third-order valence-electron chi connectivity index (χ3n) is 6.52. The van der Waals surface area contributed by atoms with Gasteiger partial charge in [0.1, 0.15) is 53.5 Å². The maximum Gasteiger partial charge on any atom is 0.308 e. The number of fused-ring (bicyclic) bond motifs is 1. The molecule has 1 aliphatic rings. The highest BCUT2D eigenvalue weighted by Crippen LogP contribution is 2.39. The predicted octanol–water partition coefficient (Wildman–Crippen LogP) is -0.372. The fourth-order valence-electron chi connectivity index (χ4n) is 4.42. The third kappa shape index (κ3) is 6.73. The average Bonchev–Trinajstić information content (AvgIpc) is 2.89. The highest BCUT2D eigenvalue weighted by molar-refractivity contribution is 5.88. The molecule has 43 heavy (non-hydrogen) atoms. The van der Waals surface area contributed by atoms with E-state index in [4.69, 9.17) is 23.7 Å². The van der Waals surface area contributed by atoms with Gasteiger partial charge in [-0.05, 0) is 25.1 Å². The summed E-state index contributed by atoms with van der Waals surface area (Å²) in [6.45, 7) is 0.329. The Balaban J connectivity index is 1.67. The molecule has 0 aliphatic carbocycles. The number of carbonyl (C=O) groups is 2. The second-order valence-electron chi connectivity index (χ2n) is 10.2. The van der Waals surface area contributed by atoms with Gasteiger partial charge in [0.2, 0.25) is 17.5 Å². The van der Waals surface area contributed by atoms with Gasteiger partial charge in [0.25, 0.3) is 0 Å². The van der Waals surface area contributed by atoms with Crippen molar-refractivity contribution in [2.45, 2.75) is 56.1 Å². The Hall–Kier alpha value is -4.61. The lowest BCUT2D eigenvalue weighted by molar-refractivity contribution is -0.278. The van der Waals surface area contributed by atoms with E-state index in [1.165, 1.54) is 6.07 Å². The molecule has 0 saturated carbocycles. The number of carboxylic acids is 1. The van der Waals surface area contributed by atoms with E-state index >= 15 is 0 Å². The van der Waals surface area contributed by atoms with Crippen LogP contribution in [0, 0.1) is 0 Å². The molecule has 2 heterocycles. The minimum Gasteiger partial charge on any atom is -0.508 e. The Bertz CT molecular complexity index is 1590. The van der Waals surface area contributed by atoms with Crippen LogP contribution in [-0.2, 0) is 19.1 Å². The molecule has 1 aromatic heterocycles. The van der Waals surface area contributed by atoms with Gasteiger partial charge in [-0.15, -0.1) is 0 Å². The molecule has 16 nitrogen and oxygen atoms in total. The van der Waals surface area contributed by atoms with Crippen LogP contribution in [0.1, 0.15) is 19.8 Å². The predicted molar refractivity (Wildman–Crippen MR) is 140 cm³/mol. The monoisotopic (exact) mass is 608 g/mol. The summed E-state index contributed by atoms with van der Waals surface area (Å²) in [7, 11) is 0. The van der Waals surface area contributed by atoms with Crippen molar-refractivity contribution in [2.24, 2.45) is 0 Å². The lowest BCUT2D eigenvalue weighted by atomic mass is 9.98. The molecule has 0 amide bonds. The van der Waals surface area contributed by atoms with E-state index in [1.54, 1.807) is 0 Å². The zero-order chi connectivity index (χ0) is 31.8. The van der Waals surface area contributed by atoms with Gasteiger partial charge in [0.15, 0.2) is 17.3 Å². The number of carboxylic acid groups (broad SMARTS) is 1. The van der Waals surface area contributed by atoms with Crippen LogP contribution in [0.5, 0.6) is 28.7 Å². The fraction of sp³-hybridized carbons (Fsp3) is 0.370. The first-order valence-electron chi connectivity index (χ1n) is 12.6. The molecule has 2 aromatic carbocycles. The summed E-state index contributed by atoms with van der Waals surface area (Å²) < 4.78 is 21.8. The summed E-state index contributed by atoms with van der Waals surface area (Å²) in [6.07, 6.45) is -10.9. The van der Waals surface area contributed by atoms with Crippen molar-refractivity contribution in [3.05, 3.63) is 40.6 Å². The minimum atomic E-state index is -2.01. The minimum absolute atomic E-state index is 0.0584. The number of aliphatic hydroxyl groups is 4. The molecule has 3 aromatic rings. The van der Waals surface area contributed by atoms with Gasteiger partial charge in [-0.3, -0.25) is 14.4 Å². The number of aliphatic carboxylic acids is 1. The van der Waals surface area contributed by atoms with Crippen LogP contribution in [0.4, 0.5) is 0 Å². The molecule has 0 radical (unpaired) electrons. The van der Waals surface area contributed by atoms with Gasteiger partial charge in [-0.1, -0.05) is 0 Å². The number of hydrogen-bond donors (Lipinski definition) is 9. The summed E-state index contributed by atoms with van der Waals surface area (Å²) in [4.78, 5) is 36.6. The maximum atomic E-state index is 13.5. The number of phenols is 4. The van der Waals surface area contributed by atoms with Crippen molar-refractivity contribution < 1.29 is 74.2 Å². The van der Waals surface area contributed by atoms with Crippen molar-refractivity contribution in [3.8, 4) is 40.1 Å². The lowest BCUT2D eigenvalue weighted by Crippen LogP contribution is -2.60. The van der Waals surface area contributed by atoms with E-state index < -0.39 is 113 Å². The standard InChI is InChI=1S/C27H28O16/c1-27(39,7-17(32)33)8-18(34)40-9-16-20(35)22(37)23(38)26(42-16)43-25-21(36)19-14(31)5-11(28)6-15(19)41-24(25)10-2-3-12(29)13(30)4-10/h2-6,16,20,22-23,26,28-31,35,37-39H,7-9H2,1H3,(H,32,33)/t16-,20-,22+,23-,26+,27?/m1/s1. The molecule has 4 rings (SSSR count). The van der Waals surface area contributed by atoms with Gasteiger partial charge in [0, 0.05) is 17.7 Å². The van der Waals surface area contributed by atoms with Crippen molar-refractivity contribution >= 4 is 22.9 Å². The van der Waals surface area contributed by atoms with E-state index in [0.29, 0.717) is 0 Å². The zero-order valence-electron chi connectivity index (χ0n) is 22.3. The van der Waals surface area contributed by atoms with E-state index in [-0.39, 0.29) is 11.1 Å². The van der Waals surface area contributed by atoms with Crippen molar-refractivity contribution in [3.63, 3.8) is 0 Å². The maximum absolute atomic E-state index is 13.5. The van der Waals surface area contributed by atoms with Crippen LogP contribution >= 0.6 is 0 Å². The SMILES string of the molecule is CC(O)(CC(=O)O)CC(=O)OC[C@H]1O[C@@H](Oc2c(-c3ccc(O)c(O)c3)oc3cc(O)cc(O)c3c2=O)[C@H](O)[C@@H](O)[C@@H]1O. The summed E-state index contributed by atoms with van der Waals surface area (Å²) in [6, 6.07) is 5.12. The Labute approximate surface area is 240 Å². The molecule has 1 unspecified atom stereocenters.